The summed E-state index contributed by atoms with van der Waals surface area (Å²) in [6.45, 7) is 0. The van der Waals surface area contributed by atoms with E-state index in [1.54, 1.807) is 11.8 Å². The van der Waals surface area contributed by atoms with E-state index >= 15 is 0 Å². The van der Waals surface area contributed by atoms with E-state index in [1.807, 2.05) is 6.26 Å². The minimum absolute atomic E-state index is 0.473. The maximum Gasteiger partial charge on any atom is 0.152 e. The fourth-order valence-electron chi connectivity index (χ4n) is 0.223. The standard InChI is InChI=1S/C4H10O2S/c1-7-3-2-4(5)6/h4-6H,2-3H2,1H3. The van der Waals surface area contributed by atoms with E-state index < -0.39 is 6.29 Å². The largest absolute Gasteiger partial charge is 0.368 e. The summed E-state index contributed by atoms with van der Waals surface area (Å²) in [5.74, 6) is 0.817. The molecule has 0 aliphatic rings. The molecule has 44 valence electrons. The number of aliphatic hydroxyl groups excluding tert-OH is 1. The molecule has 0 saturated heterocycles. The van der Waals surface area contributed by atoms with Crippen molar-refractivity contribution in [2.75, 3.05) is 12.0 Å². The molecular formula is C4H10O2S. The van der Waals surface area contributed by atoms with E-state index in [0.717, 1.165) is 5.75 Å². The zero-order valence-corrected chi connectivity index (χ0v) is 5.11. The molecule has 2 nitrogen and oxygen atoms in total. The summed E-state index contributed by atoms with van der Waals surface area (Å²) in [5.41, 5.74) is 0. The van der Waals surface area contributed by atoms with Gasteiger partial charge in [-0.3, -0.25) is 0 Å². The maximum absolute atomic E-state index is 8.23. The van der Waals surface area contributed by atoms with Crippen LogP contribution in [0.1, 0.15) is 6.42 Å². The number of hydrogen-bond acceptors (Lipinski definition) is 3. The molecule has 0 aromatic heterocycles. The molecule has 0 fully saturated rings. The van der Waals surface area contributed by atoms with Gasteiger partial charge in [0.2, 0.25) is 0 Å². The maximum atomic E-state index is 8.23. The van der Waals surface area contributed by atoms with Crippen LogP contribution in [-0.2, 0) is 0 Å². The molecule has 0 aliphatic carbocycles. The van der Waals surface area contributed by atoms with E-state index in [0.29, 0.717) is 6.42 Å². The van der Waals surface area contributed by atoms with Gasteiger partial charge in [0.1, 0.15) is 0 Å². The summed E-state index contributed by atoms with van der Waals surface area (Å²) in [6, 6.07) is 0. The molecule has 7 heavy (non-hydrogen) atoms. The van der Waals surface area contributed by atoms with Gasteiger partial charge in [0.15, 0.2) is 6.29 Å². The van der Waals surface area contributed by atoms with Crippen LogP contribution in [0.3, 0.4) is 0 Å². The predicted octanol–water partition coefficient (Wildman–Crippen LogP) is 0.0502. The van der Waals surface area contributed by atoms with Crippen LogP contribution < -0.4 is 0 Å². The van der Waals surface area contributed by atoms with E-state index in [1.165, 1.54) is 0 Å². The number of rotatable bonds is 3. The molecule has 2 N–H and O–H groups in total. The second kappa shape index (κ2) is 4.43. The summed E-state index contributed by atoms with van der Waals surface area (Å²) in [7, 11) is 0. The first-order valence-corrected chi connectivity index (χ1v) is 3.52. The van der Waals surface area contributed by atoms with Crippen LogP contribution in [0.5, 0.6) is 0 Å². The van der Waals surface area contributed by atoms with Gasteiger partial charge >= 0.3 is 0 Å². The van der Waals surface area contributed by atoms with E-state index in [2.05, 4.69) is 0 Å². The van der Waals surface area contributed by atoms with Crippen molar-refractivity contribution in [3.05, 3.63) is 0 Å². The minimum atomic E-state index is -1.12. The van der Waals surface area contributed by atoms with Crippen molar-refractivity contribution in [2.24, 2.45) is 0 Å². The molecular weight excluding hydrogens is 112 g/mol. The van der Waals surface area contributed by atoms with Gasteiger partial charge in [-0.15, -0.1) is 0 Å². The second-order valence-electron chi connectivity index (χ2n) is 1.26. The van der Waals surface area contributed by atoms with Gasteiger partial charge in [0.25, 0.3) is 0 Å². The molecule has 0 radical (unpaired) electrons. The summed E-state index contributed by atoms with van der Waals surface area (Å²) in [5, 5.41) is 16.5. The number of hydrogen-bond donors (Lipinski definition) is 2. The first-order chi connectivity index (χ1) is 3.27. The fraction of sp³-hybridized carbons (Fsp3) is 1.00. The quantitative estimate of drug-likeness (QED) is 0.520. The van der Waals surface area contributed by atoms with Crippen LogP contribution in [0.2, 0.25) is 0 Å². The minimum Gasteiger partial charge on any atom is -0.368 e. The molecule has 0 amide bonds. The Kier molecular flexibility index (Phi) is 4.60. The Labute approximate surface area is 47.5 Å². The van der Waals surface area contributed by atoms with Gasteiger partial charge in [-0.1, -0.05) is 0 Å². The molecule has 0 rings (SSSR count). The third-order valence-corrected chi connectivity index (χ3v) is 1.22. The highest BCUT2D eigenvalue weighted by molar-refractivity contribution is 7.98. The summed E-state index contributed by atoms with van der Waals surface area (Å²) >= 11 is 1.61. The molecule has 0 aliphatic heterocycles. The molecule has 0 bridgehead atoms. The van der Waals surface area contributed by atoms with Crippen LogP contribution in [0.4, 0.5) is 0 Å². The van der Waals surface area contributed by atoms with Crippen molar-refractivity contribution < 1.29 is 10.2 Å². The Morgan fingerprint density at radius 3 is 2.29 bits per heavy atom. The van der Waals surface area contributed by atoms with E-state index in [9.17, 15) is 0 Å². The average Bonchev–Trinajstić information content (AvgIpc) is 1.61. The summed E-state index contributed by atoms with van der Waals surface area (Å²) < 4.78 is 0. The monoisotopic (exact) mass is 122 g/mol. The van der Waals surface area contributed by atoms with Gasteiger partial charge in [-0.2, -0.15) is 11.8 Å². The van der Waals surface area contributed by atoms with Crippen LogP contribution >= 0.6 is 11.8 Å². The van der Waals surface area contributed by atoms with Gasteiger partial charge in [-0.25, -0.2) is 0 Å². The molecule has 0 saturated carbocycles. The molecule has 0 aromatic carbocycles. The Morgan fingerprint density at radius 2 is 2.14 bits per heavy atom. The van der Waals surface area contributed by atoms with E-state index in [4.69, 9.17) is 10.2 Å². The van der Waals surface area contributed by atoms with Crippen LogP contribution in [0.25, 0.3) is 0 Å². The lowest BCUT2D eigenvalue weighted by atomic mass is 10.5. The predicted molar refractivity (Wildman–Crippen MR) is 31.2 cm³/mol. The highest BCUT2D eigenvalue weighted by atomic mass is 32.2. The Morgan fingerprint density at radius 1 is 1.57 bits per heavy atom. The fourth-order valence-corrected chi connectivity index (χ4v) is 0.670. The van der Waals surface area contributed by atoms with Crippen molar-refractivity contribution in [2.45, 2.75) is 12.7 Å². The first kappa shape index (κ1) is 7.27. The van der Waals surface area contributed by atoms with Crippen molar-refractivity contribution >= 4 is 11.8 Å². The zero-order valence-electron chi connectivity index (χ0n) is 4.29. The van der Waals surface area contributed by atoms with Crippen molar-refractivity contribution in [3.63, 3.8) is 0 Å². The molecule has 0 atom stereocenters. The SMILES string of the molecule is CSCCC(O)O. The van der Waals surface area contributed by atoms with Crippen molar-refractivity contribution in [3.8, 4) is 0 Å². The lowest BCUT2D eigenvalue weighted by Gasteiger charge is -1.97. The third-order valence-electron chi connectivity index (χ3n) is 0.580. The normalized spacial score (nSPS) is 10.3. The topological polar surface area (TPSA) is 40.5 Å². The van der Waals surface area contributed by atoms with Crippen LogP contribution in [0.15, 0.2) is 0 Å². The second-order valence-corrected chi connectivity index (χ2v) is 2.25. The zero-order chi connectivity index (χ0) is 5.70. The van der Waals surface area contributed by atoms with Crippen molar-refractivity contribution in [1.82, 2.24) is 0 Å². The molecule has 0 heterocycles. The van der Waals surface area contributed by atoms with Gasteiger partial charge in [0, 0.05) is 6.42 Å². The van der Waals surface area contributed by atoms with Gasteiger partial charge in [-0.05, 0) is 12.0 Å². The van der Waals surface area contributed by atoms with E-state index in [-0.39, 0.29) is 0 Å². The molecule has 3 heteroatoms. The van der Waals surface area contributed by atoms with Gasteiger partial charge in [0.05, 0.1) is 0 Å². The summed E-state index contributed by atoms with van der Waals surface area (Å²) in [4.78, 5) is 0. The Hall–Kier alpha value is 0.270. The van der Waals surface area contributed by atoms with Crippen molar-refractivity contribution in [1.29, 1.82) is 0 Å². The molecule has 0 unspecified atom stereocenters. The molecule has 0 spiro atoms. The Bertz CT molecular complexity index is 38.7. The lowest BCUT2D eigenvalue weighted by molar-refractivity contribution is -0.0404. The van der Waals surface area contributed by atoms with Gasteiger partial charge < -0.3 is 10.2 Å². The number of thioether (sulfide) groups is 1. The van der Waals surface area contributed by atoms with Crippen LogP contribution in [0, 0.1) is 0 Å². The average molecular weight is 122 g/mol. The van der Waals surface area contributed by atoms with Crippen LogP contribution in [-0.4, -0.2) is 28.5 Å². The number of aliphatic hydroxyl groups is 2. The smallest absolute Gasteiger partial charge is 0.152 e. The lowest BCUT2D eigenvalue weighted by Crippen LogP contribution is -2.04. The third kappa shape index (κ3) is 6.27. The Balaban J connectivity index is 2.68. The summed E-state index contributed by atoms with van der Waals surface area (Å²) in [6.07, 6.45) is 1.29. The highest BCUT2D eigenvalue weighted by Crippen LogP contribution is 1.96. The molecule has 0 aromatic rings. The highest BCUT2D eigenvalue weighted by Gasteiger charge is 1.92. The first-order valence-electron chi connectivity index (χ1n) is 2.12.